The van der Waals surface area contributed by atoms with Gasteiger partial charge < -0.3 is 4.90 Å². The molecule has 3 aromatic heterocycles. The molecule has 0 N–H and O–H groups in total. The van der Waals surface area contributed by atoms with E-state index in [1.807, 2.05) is 32.9 Å². The number of hydrogen-bond acceptors (Lipinski definition) is 4. The van der Waals surface area contributed by atoms with E-state index >= 15 is 4.39 Å². The number of halogens is 3. The van der Waals surface area contributed by atoms with Gasteiger partial charge >= 0.3 is 0 Å². The summed E-state index contributed by atoms with van der Waals surface area (Å²) in [4.78, 5) is 36.2. The highest BCUT2D eigenvalue weighted by atomic mass is 35.5. The number of carbonyl (C=O) groups is 1. The van der Waals surface area contributed by atoms with E-state index in [4.69, 9.17) is 23.2 Å². The number of aryl methyl sites for hydroxylation is 3. The van der Waals surface area contributed by atoms with E-state index < -0.39 is 11.7 Å². The molecule has 1 aromatic carbocycles. The summed E-state index contributed by atoms with van der Waals surface area (Å²) in [5, 5.41) is 0.735. The van der Waals surface area contributed by atoms with Crippen LogP contribution >= 0.6 is 23.2 Å². The van der Waals surface area contributed by atoms with Crippen LogP contribution in [-0.2, 0) is 0 Å². The van der Waals surface area contributed by atoms with E-state index in [2.05, 4.69) is 9.97 Å². The fraction of sp³-hybridized carbons (Fsp3) is 0.267. The molecule has 0 radical (unpaired) electrons. The van der Waals surface area contributed by atoms with E-state index in [-0.39, 0.29) is 33.5 Å². The Labute approximate surface area is 236 Å². The van der Waals surface area contributed by atoms with Crippen molar-refractivity contribution < 1.29 is 9.18 Å². The van der Waals surface area contributed by atoms with E-state index in [0.29, 0.717) is 22.1 Å². The molecule has 1 saturated carbocycles. The van der Waals surface area contributed by atoms with Gasteiger partial charge in [0.05, 0.1) is 22.0 Å². The van der Waals surface area contributed by atoms with Gasteiger partial charge in [0.15, 0.2) is 0 Å². The zero-order valence-corrected chi connectivity index (χ0v) is 23.7. The maximum atomic E-state index is 15.4. The molecule has 9 heteroatoms. The molecule has 4 aromatic rings. The number of carbonyl (C=O) groups excluding carboxylic acids is 1. The normalized spacial score (nSPS) is 16.3. The molecule has 1 amide bonds. The summed E-state index contributed by atoms with van der Waals surface area (Å²) < 4.78 is 16.9. The zero-order valence-electron chi connectivity index (χ0n) is 22.2. The summed E-state index contributed by atoms with van der Waals surface area (Å²) in [5.41, 5.74) is 4.81. The van der Waals surface area contributed by atoms with Crippen molar-refractivity contribution in [2.24, 2.45) is 0 Å². The predicted octanol–water partition coefficient (Wildman–Crippen LogP) is 6.64. The lowest BCUT2D eigenvalue weighted by Gasteiger charge is -2.17. The Morgan fingerprint density at radius 3 is 2.46 bits per heavy atom. The predicted molar refractivity (Wildman–Crippen MR) is 152 cm³/mol. The lowest BCUT2D eigenvalue weighted by molar-refractivity contribution is 0.0823. The Hall–Kier alpha value is -3.55. The average molecular weight is 565 g/mol. The lowest BCUT2D eigenvalue weighted by Crippen LogP contribution is -2.23. The van der Waals surface area contributed by atoms with Gasteiger partial charge in [0.1, 0.15) is 10.8 Å². The number of rotatable bonds is 5. The van der Waals surface area contributed by atoms with Crippen LogP contribution in [0.1, 0.15) is 56.7 Å². The van der Waals surface area contributed by atoms with Crippen LogP contribution in [-0.4, -0.2) is 39.4 Å². The van der Waals surface area contributed by atoms with Gasteiger partial charge in [-0.05, 0) is 86.1 Å². The van der Waals surface area contributed by atoms with Gasteiger partial charge in [-0.1, -0.05) is 29.3 Å². The standard InChI is InChI=1S/C30H27Cl2FN4O2/c1-15-13-35-25(19-7-6-8-20(28(19)33)29(38)36(4)5)12-26(15)37-16(2)9-24(27(32)30(37)39)23-11-22(23)21-10-18(31)14-34-17(21)3/h6-10,12-14,22-23H,11H2,1-5H3/t22-,23+/m1/s1. The molecule has 1 aliphatic rings. The van der Waals surface area contributed by atoms with Gasteiger partial charge in [0, 0.05) is 43.4 Å². The summed E-state index contributed by atoms with van der Waals surface area (Å²) in [7, 11) is 3.13. The van der Waals surface area contributed by atoms with Crippen LogP contribution in [0.5, 0.6) is 0 Å². The number of nitrogens with zero attached hydrogens (tertiary/aromatic N) is 4. The molecule has 1 fully saturated rings. The molecule has 2 atom stereocenters. The monoisotopic (exact) mass is 564 g/mol. The maximum absolute atomic E-state index is 15.4. The summed E-state index contributed by atoms with van der Waals surface area (Å²) in [6, 6.07) is 10.1. The molecule has 0 saturated heterocycles. The first kappa shape index (κ1) is 27.0. The minimum absolute atomic E-state index is 0.0497. The van der Waals surface area contributed by atoms with Crippen LogP contribution in [0.15, 0.2) is 53.6 Å². The van der Waals surface area contributed by atoms with Crippen molar-refractivity contribution in [1.29, 1.82) is 0 Å². The van der Waals surface area contributed by atoms with Crippen molar-refractivity contribution in [2.45, 2.75) is 39.0 Å². The molecule has 200 valence electrons. The third kappa shape index (κ3) is 4.85. The minimum atomic E-state index is -0.665. The number of amides is 1. The molecular weight excluding hydrogens is 538 g/mol. The number of hydrogen-bond donors (Lipinski definition) is 0. The van der Waals surface area contributed by atoms with Crippen molar-refractivity contribution in [3.63, 3.8) is 0 Å². The molecule has 6 nitrogen and oxygen atoms in total. The molecule has 3 heterocycles. The van der Waals surface area contributed by atoms with Crippen LogP contribution in [0, 0.1) is 26.6 Å². The lowest BCUT2D eigenvalue weighted by atomic mass is 10.0. The number of benzene rings is 1. The molecule has 0 aliphatic heterocycles. The molecular formula is C30H27Cl2FN4O2. The summed E-state index contributed by atoms with van der Waals surface area (Å²) in [6.07, 6.45) is 4.07. The van der Waals surface area contributed by atoms with Gasteiger partial charge in [0.25, 0.3) is 11.5 Å². The van der Waals surface area contributed by atoms with Crippen LogP contribution < -0.4 is 5.56 Å². The van der Waals surface area contributed by atoms with Crippen LogP contribution in [0.4, 0.5) is 4.39 Å². The fourth-order valence-electron chi connectivity index (χ4n) is 5.12. The van der Waals surface area contributed by atoms with Crippen molar-refractivity contribution >= 4 is 29.1 Å². The van der Waals surface area contributed by atoms with Crippen molar-refractivity contribution in [2.75, 3.05) is 14.1 Å². The minimum Gasteiger partial charge on any atom is -0.345 e. The Morgan fingerprint density at radius 1 is 1.03 bits per heavy atom. The first-order valence-electron chi connectivity index (χ1n) is 12.5. The highest BCUT2D eigenvalue weighted by Gasteiger charge is 2.42. The summed E-state index contributed by atoms with van der Waals surface area (Å²) in [5.74, 6) is -0.824. The van der Waals surface area contributed by atoms with Gasteiger partial charge in [-0.25, -0.2) is 4.39 Å². The summed E-state index contributed by atoms with van der Waals surface area (Å²) >= 11 is 12.9. The van der Waals surface area contributed by atoms with E-state index in [9.17, 15) is 9.59 Å². The second kappa shape index (κ2) is 10.2. The largest absolute Gasteiger partial charge is 0.345 e. The zero-order chi connectivity index (χ0) is 28.2. The Kier molecular flexibility index (Phi) is 7.08. The van der Waals surface area contributed by atoms with E-state index in [0.717, 1.165) is 28.8 Å². The second-order valence-electron chi connectivity index (χ2n) is 10.2. The topological polar surface area (TPSA) is 68.1 Å². The smallest absolute Gasteiger partial charge is 0.274 e. The maximum Gasteiger partial charge on any atom is 0.274 e. The van der Waals surface area contributed by atoms with Gasteiger partial charge in [-0.15, -0.1) is 0 Å². The van der Waals surface area contributed by atoms with Crippen LogP contribution in [0.2, 0.25) is 10.0 Å². The first-order valence-corrected chi connectivity index (χ1v) is 13.3. The molecule has 0 bridgehead atoms. The highest BCUT2D eigenvalue weighted by molar-refractivity contribution is 6.31. The van der Waals surface area contributed by atoms with Crippen molar-refractivity contribution in [3.8, 4) is 16.9 Å². The highest BCUT2D eigenvalue weighted by Crippen LogP contribution is 2.56. The molecule has 39 heavy (non-hydrogen) atoms. The average Bonchev–Trinajstić information content (AvgIpc) is 3.69. The Bertz CT molecular complexity index is 1700. The van der Waals surface area contributed by atoms with Gasteiger partial charge in [-0.2, -0.15) is 0 Å². The summed E-state index contributed by atoms with van der Waals surface area (Å²) in [6.45, 7) is 5.62. The quantitative estimate of drug-likeness (QED) is 0.272. The molecule has 0 spiro atoms. The van der Waals surface area contributed by atoms with Gasteiger partial charge in [-0.3, -0.25) is 24.1 Å². The van der Waals surface area contributed by atoms with Crippen LogP contribution in [0.3, 0.4) is 0 Å². The molecule has 1 aliphatic carbocycles. The Balaban J connectivity index is 1.56. The first-order chi connectivity index (χ1) is 18.5. The SMILES string of the molecule is Cc1cnc(-c2cccc(C(=O)N(C)C)c2F)cc1-n1c(C)cc([C@H]2C[C@@H]2c2cc(Cl)cnc2C)c(Cl)c1=O. The van der Waals surface area contributed by atoms with Crippen molar-refractivity contribution in [3.05, 3.63) is 109 Å². The van der Waals surface area contributed by atoms with Crippen molar-refractivity contribution in [1.82, 2.24) is 19.4 Å². The number of aromatic nitrogens is 3. The second-order valence-corrected chi connectivity index (χ2v) is 11.0. The molecule has 5 rings (SSSR count). The number of pyridine rings is 3. The van der Waals surface area contributed by atoms with E-state index in [1.165, 1.54) is 15.5 Å². The Morgan fingerprint density at radius 2 is 1.74 bits per heavy atom. The third-order valence-electron chi connectivity index (χ3n) is 7.27. The van der Waals surface area contributed by atoms with Crippen LogP contribution in [0.25, 0.3) is 16.9 Å². The van der Waals surface area contributed by atoms with Gasteiger partial charge in [0.2, 0.25) is 0 Å². The third-order valence-corrected chi connectivity index (χ3v) is 7.86. The fourth-order valence-corrected chi connectivity index (χ4v) is 5.57. The van der Waals surface area contributed by atoms with E-state index in [1.54, 1.807) is 44.7 Å². The molecule has 0 unspecified atom stereocenters.